The van der Waals surface area contributed by atoms with Crippen LogP contribution in [-0.2, 0) is 68.3 Å². The van der Waals surface area contributed by atoms with Gasteiger partial charge in [0.05, 0.1) is 32.8 Å². The van der Waals surface area contributed by atoms with Crippen LogP contribution in [-0.4, -0.2) is 109 Å². The average molecular weight is 1070 g/mol. The Bertz CT molecular complexity index is 2540. The van der Waals surface area contributed by atoms with E-state index in [4.69, 9.17) is 10.5 Å². The zero-order chi connectivity index (χ0) is 53.3. The fourth-order valence-corrected chi connectivity index (χ4v) is 10.9. The second kappa shape index (κ2) is 24.5. The highest BCUT2D eigenvalue weighted by Gasteiger charge is 2.49. The zero-order valence-corrected chi connectivity index (χ0v) is 42.9. The summed E-state index contributed by atoms with van der Waals surface area (Å²) in [5.41, 5.74) is 5.42. The molecular weight excluding hydrogens is 1010 g/mol. The molecule has 1 saturated carbocycles. The molecule has 7 N–H and O–H groups in total. The Kier molecular flexibility index (Phi) is 20.0. The molecule has 0 bridgehead atoms. The highest BCUT2D eigenvalue weighted by molar-refractivity contribution is 7.59. The molecular formula is C43H62N7O19P3-4. The Morgan fingerprint density at radius 2 is 1.54 bits per heavy atom. The molecule has 1 aliphatic heterocycles. The molecule has 0 radical (unpaired) electrons. The van der Waals surface area contributed by atoms with E-state index in [-0.39, 0.29) is 48.7 Å². The average Bonchev–Trinajstić information content (AvgIpc) is 3.87. The summed E-state index contributed by atoms with van der Waals surface area (Å²) in [6, 6.07) is 8.23. The number of phosphoric acid groups is 3. The Balaban J connectivity index is 0.983. The number of nitrogens with two attached hydrogens (primary N) is 1. The van der Waals surface area contributed by atoms with E-state index in [1.54, 1.807) is 13.8 Å². The number of carbonyl (C=O) groups excluding carboxylic acids is 3. The third-order valence-electron chi connectivity index (χ3n) is 12.7. The van der Waals surface area contributed by atoms with Crippen molar-refractivity contribution in [2.75, 3.05) is 32.0 Å². The molecule has 7 unspecified atom stereocenters. The van der Waals surface area contributed by atoms with Gasteiger partial charge in [-0.1, -0.05) is 51.0 Å². The Hall–Kier alpha value is -4.10. The van der Waals surface area contributed by atoms with Crippen molar-refractivity contribution >= 4 is 64.0 Å². The Morgan fingerprint density at radius 1 is 0.917 bits per heavy atom. The number of carboxylic acids is 1. The van der Waals surface area contributed by atoms with Gasteiger partial charge in [-0.15, -0.1) is 0 Å². The topological polar surface area (TPSA) is 412 Å². The molecule has 72 heavy (non-hydrogen) atoms. The molecule has 2 fully saturated rings. The molecule has 1 aliphatic carbocycles. The van der Waals surface area contributed by atoms with Gasteiger partial charge in [-0.05, 0) is 76.3 Å². The number of aliphatic hydroxyl groups excluding tert-OH is 2. The lowest BCUT2D eigenvalue weighted by molar-refractivity contribution is -0.347. The van der Waals surface area contributed by atoms with Crippen molar-refractivity contribution in [3.8, 4) is 0 Å². The number of hydrogen-bond donors (Lipinski definition) is 6. The number of aromatic nitrogens is 4. The molecule has 7 atom stereocenters. The number of nitrogen functional groups attached to an aromatic ring is 1. The van der Waals surface area contributed by atoms with Crippen LogP contribution >= 0.6 is 23.5 Å². The number of imidazole rings is 1. The number of aliphatic hydroxyl groups is 2. The van der Waals surface area contributed by atoms with Gasteiger partial charge in [-0.3, -0.25) is 32.9 Å². The van der Waals surface area contributed by atoms with Crippen molar-refractivity contribution in [1.82, 2.24) is 30.2 Å². The molecule has 3 aromatic rings. The predicted octanol–water partition coefficient (Wildman–Crippen LogP) is 0.853. The van der Waals surface area contributed by atoms with E-state index in [9.17, 15) is 67.8 Å². The second-order valence-corrected chi connectivity index (χ2v) is 23.4. The number of amides is 2. The van der Waals surface area contributed by atoms with Gasteiger partial charge >= 0.3 is 5.97 Å². The van der Waals surface area contributed by atoms with Crippen molar-refractivity contribution in [3.05, 3.63) is 48.0 Å². The number of carbonyl (C=O) groups is 4. The van der Waals surface area contributed by atoms with E-state index in [0.717, 1.165) is 75.0 Å². The highest BCUT2D eigenvalue weighted by Crippen LogP contribution is 2.57. The molecule has 2 aromatic heterocycles. The number of rotatable bonds is 31. The zero-order valence-electron chi connectivity index (χ0n) is 40.2. The Labute approximate surface area is 415 Å². The smallest absolute Gasteiger partial charge is 0.309 e. The summed E-state index contributed by atoms with van der Waals surface area (Å²) in [6.07, 6.45) is 0.592. The van der Waals surface area contributed by atoms with Gasteiger partial charge in [0.25, 0.3) is 15.6 Å². The lowest BCUT2D eigenvalue weighted by Crippen LogP contribution is -2.46. The van der Waals surface area contributed by atoms with E-state index in [1.807, 2.05) is 12.1 Å². The fourth-order valence-electron chi connectivity index (χ4n) is 8.13. The maximum absolute atomic E-state index is 13.1. The minimum absolute atomic E-state index is 0.0265. The number of benzene rings is 1. The third-order valence-corrected chi connectivity index (χ3v) is 15.7. The first-order valence-corrected chi connectivity index (χ1v) is 27.6. The summed E-state index contributed by atoms with van der Waals surface area (Å²) >= 11 is 0. The van der Waals surface area contributed by atoms with Gasteiger partial charge in [0.15, 0.2) is 17.7 Å². The standard InChI is InChI=1S/C43H66N7O19P3/c1-41(2,40(56)57)17-9-7-13-27-11-5-6-12-28(27)14-8-10-18-43(19-20-43)30(51)15-21-45-31(52)16-22-46-38(55)35(54)42(3,4)24-66-72(63,64)69-71(61,62)65-23-29-34(68-70(58,59)60)33(53)39(67-29)50-26-49-32-36(44)47-25-48-37(32)50/h5-6,11-12,25-26,29,33-35,39,53-54H,7-10,13-24H2,1-4H3,(H,45,52)(H,46,55)(H,56,57)(H,61,62)(H,63,64)(H2,44,47,48)(H2,58,59,60)/p-4. The number of Topliss-reactive ketones (excluding diaryl/α,β-unsaturated/α-hetero) is 1. The highest BCUT2D eigenvalue weighted by atomic mass is 31.3. The number of ether oxygens (including phenoxy) is 1. The summed E-state index contributed by atoms with van der Waals surface area (Å²) in [5.74, 6) is -2.32. The number of nitrogens with one attached hydrogen (secondary N) is 2. The summed E-state index contributed by atoms with van der Waals surface area (Å²) < 4.78 is 61.0. The number of aryl methyl sites for hydroxylation is 2. The minimum Gasteiger partial charge on any atom is -0.790 e. The first-order chi connectivity index (χ1) is 33.6. The van der Waals surface area contributed by atoms with Crippen LogP contribution in [0, 0.1) is 16.2 Å². The van der Waals surface area contributed by atoms with Crippen LogP contribution in [0.25, 0.3) is 11.2 Å². The number of nitrogens with zero attached hydrogens (tertiary/aromatic N) is 4. The van der Waals surface area contributed by atoms with Crippen LogP contribution in [0.15, 0.2) is 36.9 Å². The molecule has 26 nitrogen and oxygen atoms in total. The number of hydrogen-bond acceptors (Lipinski definition) is 22. The molecule has 2 aliphatic rings. The molecule has 29 heteroatoms. The lowest BCUT2D eigenvalue weighted by Gasteiger charge is -2.36. The fraction of sp³-hybridized carbons (Fsp3) is 0.651. The van der Waals surface area contributed by atoms with Crippen molar-refractivity contribution in [2.24, 2.45) is 16.2 Å². The van der Waals surface area contributed by atoms with Gasteiger partial charge in [0.1, 0.15) is 42.0 Å². The van der Waals surface area contributed by atoms with E-state index in [0.29, 0.717) is 6.42 Å². The van der Waals surface area contributed by atoms with Gasteiger partial charge in [-0.2, -0.15) is 0 Å². The van der Waals surface area contributed by atoms with Crippen molar-refractivity contribution in [1.29, 1.82) is 0 Å². The van der Waals surface area contributed by atoms with E-state index < -0.39 is 101 Å². The molecule has 5 rings (SSSR count). The minimum atomic E-state index is -5.94. The number of phosphoric ester groups is 3. The van der Waals surface area contributed by atoms with Crippen molar-refractivity contribution in [2.45, 2.75) is 135 Å². The normalized spacial score (nSPS) is 21.1. The monoisotopic (exact) mass is 1070 g/mol. The van der Waals surface area contributed by atoms with Gasteiger partial charge < -0.3 is 74.1 Å². The van der Waals surface area contributed by atoms with E-state index >= 15 is 0 Å². The molecule has 1 aromatic carbocycles. The van der Waals surface area contributed by atoms with Gasteiger partial charge in [-0.25, -0.2) is 19.3 Å². The van der Waals surface area contributed by atoms with Gasteiger partial charge in [0.2, 0.25) is 11.8 Å². The number of anilines is 1. The maximum atomic E-state index is 13.1. The van der Waals surface area contributed by atoms with Crippen molar-refractivity contribution in [3.63, 3.8) is 0 Å². The summed E-state index contributed by atoms with van der Waals surface area (Å²) in [5, 5.41) is 35.9. The first kappa shape index (κ1) is 58.8. The van der Waals surface area contributed by atoms with Crippen LogP contribution in [0.3, 0.4) is 0 Å². The number of unbranched alkanes of at least 4 members (excludes halogenated alkanes) is 2. The van der Waals surface area contributed by atoms with E-state index in [1.165, 1.54) is 25.0 Å². The lowest BCUT2D eigenvalue weighted by atomic mass is 9.86. The molecule has 0 spiro atoms. The van der Waals surface area contributed by atoms with Crippen LogP contribution in [0.1, 0.15) is 109 Å². The van der Waals surface area contributed by atoms with Crippen LogP contribution in [0.4, 0.5) is 5.82 Å². The quantitative estimate of drug-likeness (QED) is 0.0384. The predicted molar refractivity (Wildman–Crippen MR) is 245 cm³/mol. The first-order valence-electron chi connectivity index (χ1n) is 23.2. The van der Waals surface area contributed by atoms with Crippen LogP contribution in [0.2, 0.25) is 0 Å². The van der Waals surface area contributed by atoms with Crippen LogP contribution in [0.5, 0.6) is 0 Å². The number of ketones is 1. The maximum Gasteiger partial charge on any atom is 0.309 e. The number of fused-ring (bicyclic) bond motifs is 1. The number of carboxylic acid groups (broad SMARTS) is 1. The van der Waals surface area contributed by atoms with Crippen LogP contribution < -0.4 is 35.9 Å². The molecule has 2 amide bonds. The summed E-state index contributed by atoms with van der Waals surface area (Å²) in [7, 11) is -17.7. The summed E-state index contributed by atoms with van der Waals surface area (Å²) in [6.45, 7) is 3.42. The number of aliphatic carboxylic acids is 1. The molecule has 3 heterocycles. The SMILES string of the molecule is CC(C)(CCCCc1ccccc1CCCCC1(C(=O)CCNC(=O)CCNC(=O)C(O)C(C)(C)COP(=O)([O-])OP(=O)([O-])OCC2OC(n3cnc4c(N)ncnc43)C(O)C2OP(=O)([O-])[O-])CC1)C(=O)O. The van der Waals surface area contributed by atoms with Crippen molar-refractivity contribution < 1.29 is 90.4 Å². The Morgan fingerprint density at radius 3 is 2.17 bits per heavy atom. The van der Waals surface area contributed by atoms with E-state index in [2.05, 4.69) is 55.6 Å². The summed E-state index contributed by atoms with van der Waals surface area (Å²) in [4.78, 5) is 110. The largest absolute Gasteiger partial charge is 0.790 e. The third kappa shape index (κ3) is 16.7. The second-order valence-electron chi connectivity index (χ2n) is 19.3. The van der Waals surface area contributed by atoms with Gasteiger partial charge in [0, 0.05) is 36.8 Å². The molecule has 1 saturated heterocycles. The molecule has 402 valence electrons.